The predicted octanol–water partition coefficient (Wildman–Crippen LogP) is 4.42. The van der Waals surface area contributed by atoms with Gasteiger partial charge in [0.25, 0.3) is 5.13 Å². The molecule has 5 nitrogen and oxygen atoms in total. The van der Waals surface area contributed by atoms with Gasteiger partial charge in [-0.3, -0.25) is 4.90 Å². The average molecular weight is 453 g/mol. The highest BCUT2D eigenvalue weighted by Crippen LogP contribution is 2.25. The minimum atomic E-state index is 0.716. The van der Waals surface area contributed by atoms with Gasteiger partial charge in [-0.1, -0.05) is 27.5 Å². The third-order valence-electron chi connectivity index (χ3n) is 4.01. The molecule has 2 heterocycles. The number of morpholine rings is 1. The number of nitrogens with zero attached hydrogens (tertiary/aromatic N) is 3. The molecule has 0 unspecified atom stereocenters. The van der Waals surface area contributed by atoms with E-state index in [9.17, 15) is 0 Å². The first-order chi connectivity index (χ1) is 12.7. The van der Waals surface area contributed by atoms with Gasteiger partial charge in [-0.05, 0) is 53.5 Å². The number of aromatic nitrogens is 2. The first kappa shape index (κ1) is 17.7. The molecule has 26 heavy (non-hydrogen) atoms. The van der Waals surface area contributed by atoms with Crippen LogP contribution in [0.25, 0.3) is 5.69 Å². The number of hydrogen-bond acceptors (Lipinski definition) is 5. The summed E-state index contributed by atoms with van der Waals surface area (Å²) in [6.45, 7) is 3.11. The molecule has 0 atom stereocenters. The lowest BCUT2D eigenvalue weighted by Crippen LogP contribution is -2.43. The van der Waals surface area contributed by atoms with Crippen molar-refractivity contribution in [1.29, 1.82) is 0 Å². The molecule has 3 aromatic rings. The molecular weight excluding hydrogens is 436 g/mol. The summed E-state index contributed by atoms with van der Waals surface area (Å²) in [5.74, 6) is 0.928. The summed E-state index contributed by atoms with van der Waals surface area (Å²) in [6, 6.07) is 15.9. The quantitative estimate of drug-likeness (QED) is 0.595. The second-order valence-electron chi connectivity index (χ2n) is 5.81. The lowest BCUT2D eigenvalue weighted by Gasteiger charge is -2.21. The molecular formula is C18H17BrClN4OS+. The van der Waals surface area contributed by atoms with Crippen LogP contribution in [0.1, 0.15) is 0 Å². The van der Waals surface area contributed by atoms with Crippen molar-refractivity contribution in [3.05, 3.63) is 58.0 Å². The topological polar surface area (TPSA) is 41.3 Å². The van der Waals surface area contributed by atoms with Gasteiger partial charge in [0.1, 0.15) is 5.69 Å². The Morgan fingerprint density at radius 3 is 2.46 bits per heavy atom. The standard InChI is InChI=1S/C18H16BrClN4OS/c19-13-1-7-16(8-2-13)24-18(23-9-11-25-12-10-23)22-17(26-24)21-15-5-3-14(20)4-6-15/h1-8H,9-12H2/p+1. The number of benzene rings is 2. The Balaban J connectivity index is 1.69. The summed E-state index contributed by atoms with van der Waals surface area (Å²) in [5, 5.41) is 4.92. The van der Waals surface area contributed by atoms with Crippen LogP contribution in [-0.2, 0) is 4.74 Å². The molecule has 0 spiro atoms. The number of ether oxygens (including phenoxy) is 1. The van der Waals surface area contributed by atoms with Crippen molar-refractivity contribution in [3.8, 4) is 5.69 Å². The SMILES string of the molecule is Clc1ccc(Nc2nc(N3CCOCC3)[n+](-c3ccc(Br)cc3)s2)cc1. The van der Waals surface area contributed by atoms with Crippen molar-refractivity contribution in [1.82, 2.24) is 4.98 Å². The van der Waals surface area contributed by atoms with E-state index in [1.165, 1.54) is 0 Å². The van der Waals surface area contributed by atoms with Crippen LogP contribution in [-0.4, -0.2) is 31.3 Å². The van der Waals surface area contributed by atoms with Crippen LogP contribution < -0.4 is 14.2 Å². The maximum absolute atomic E-state index is 5.97. The van der Waals surface area contributed by atoms with Gasteiger partial charge in [-0.2, -0.15) is 0 Å². The van der Waals surface area contributed by atoms with Gasteiger partial charge in [0.15, 0.2) is 0 Å². The van der Waals surface area contributed by atoms with Crippen molar-refractivity contribution in [3.63, 3.8) is 0 Å². The van der Waals surface area contributed by atoms with E-state index in [0.717, 1.165) is 53.2 Å². The summed E-state index contributed by atoms with van der Waals surface area (Å²) in [4.78, 5) is 7.11. The minimum absolute atomic E-state index is 0.716. The molecule has 1 aromatic heterocycles. The van der Waals surface area contributed by atoms with Crippen LogP contribution in [0.3, 0.4) is 0 Å². The Bertz CT molecular complexity index is 879. The lowest BCUT2D eigenvalue weighted by molar-refractivity contribution is -0.508. The van der Waals surface area contributed by atoms with Crippen molar-refractivity contribution in [2.45, 2.75) is 0 Å². The molecule has 0 saturated carbocycles. The largest absolute Gasteiger partial charge is 0.413 e. The third-order valence-corrected chi connectivity index (χ3v) is 5.72. The Kier molecular flexibility index (Phi) is 5.40. The monoisotopic (exact) mass is 451 g/mol. The zero-order valence-corrected chi connectivity index (χ0v) is 17.0. The molecule has 1 aliphatic heterocycles. The van der Waals surface area contributed by atoms with Gasteiger partial charge in [-0.15, -0.1) is 3.96 Å². The van der Waals surface area contributed by atoms with E-state index in [-0.39, 0.29) is 0 Å². The molecule has 4 rings (SSSR count). The Hall–Kier alpha value is -1.67. The van der Waals surface area contributed by atoms with Crippen molar-refractivity contribution >= 4 is 55.8 Å². The molecule has 0 amide bonds. The highest BCUT2D eigenvalue weighted by molar-refractivity contribution is 9.10. The first-order valence-electron chi connectivity index (χ1n) is 8.24. The summed E-state index contributed by atoms with van der Waals surface area (Å²) in [5.41, 5.74) is 2.04. The van der Waals surface area contributed by atoms with Gasteiger partial charge < -0.3 is 10.1 Å². The highest BCUT2D eigenvalue weighted by atomic mass is 79.9. The van der Waals surface area contributed by atoms with Gasteiger partial charge in [0.2, 0.25) is 0 Å². The van der Waals surface area contributed by atoms with Gasteiger partial charge in [-0.25, -0.2) is 0 Å². The van der Waals surface area contributed by atoms with Gasteiger partial charge in [0.05, 0.1) is 37.8 Å². The Morgan fingerprint density at radius 1 is 1.08 bits per heavy atom. The summed E-state index contributed by atoms with van der Waals surface area (Å²) >= 11 is 11.0. The van der Waals surface area contributed by atoms with E-state index in [2.05, 4.69) is 42.2 Å². The zero-order valence-electron chi connectivity index (χ0n) is 13.9. The molecule has 0 bridgehead atoms. The fraction of sp³-hybridized carbons (Fsp3) is 0.222. The maximum Gasteiger partial charge on any atom is 0.413 e. The second kappa shape index (κ2) is 7.92. The number of halogens is 2. The fourth-order valence-corrected chi connectivity index (χ4v) is 4.01. The smallest absolute Gasteiger partial charge is 0.375 e. The summed E-state index contributed by atoms with van der Waals surface area (Å²) < 4.78 is 8.69. The normalized spacial score (nSPS) is 14.5. The second-order valence-corrected chi connectivity index (χ2v) is 8.10. The molecule has 134 valence electrons. The highest BCUT2D eigenvalue weighted by Gasteiger charge is 2.29. The third kappa shape index (κ3) is 4.01. The summed E-state index contributed by atoms with van der Waals surface area (Å²) in [6.07, 6.45) is 0. The first-order valence-corrected chi connectivity index (χ1v) is 10.2. The van der Waals surface area contributed by atoms with E-state index in [4.69, 9.17) is 21.3 Å². The van der Waals surface area contributed by atoms with Crippen LogP contribution in [0.2, 0.25) is 5.02 Å². The van der Waals surface area contributed by atoms with Crippen LogP contribution >= 0.6 is 39.1 Å². The minimum Gasteiger partial charge on any atom is -0.375 e. The fourth-order valence-electron chi connectivity index (χ4n) is 2.70. The molecule has 1 aliphatic rings. The van der Waals surface area contributed by atoms with Crippen LogP contribution in [0.5, 0.6) is 0 Å². The van der Waals surface area contributed by atoms with Gasteiger partial charge >= 0.3 is 5.95 Å². The van der Waals surface area contributed by atoms with Crippen molar-refractivity contribution in [2.24, 2.45) is 0 Å². The molecule has 1 N–H and O–H groups in total. The Labute approximate surface area is 169 Å². The zero-order chi connectivity index (χ0) is 17.9. The summed E-state index contributed by atoms with van der Waals surface area (Å²) in [7, 11) is 0. The molecule has 2 aromatic carbocycles. The van der Waals surface area contributed by atoms with E-state index in [0.29, 0.717) is 5.02 Å². The van der Waals surface area contributed by atoms with Crippen LogP contribution in [0, 0.1) is 0 Å². The average Bonchev–Trinajstić information content (AvgIpc) is 3.09. The van der Waals surface area contributed by atoms with Crippen LogP contribution in [0.4, 0.5) is 16.8 Å². The van der Waals surface area contributed by atoms with Gasteiger partial charge in [0, 0.05) is 15.2 Å². The molecule has 1 saturated heterocycles. The Morgan fingerprint density at radius 2 is 1.77 bits per heavy atom. The predicted molar refractivity (Wildman–Crippen MR) is 109 cm³/mol. The molecule has 1 fully saturated rings. The number of hydrogen-bond donors (Lipinski definition) is 1. The number of rotatable bonds is 4. The maximum atomic E-state index is 5.97. The van der Waals surface area contributed by atoms with E-state index in [1.807, 2.05) is 36.4 Å². The van der Waals surface area contributed by atoms with E-state index in [1.54, 1.807) is 11.5 Å². The lowest BCUT2D eigenvalue weighted by atomic mass is 10.3. The van der Waals surface area contributed by atoms with Crippen LogP contribution in [0.15, 0.2) is 53.0 Å². The van der Waals surface area contributed by atoms with E-state index < -0.39 is 0 Å². The van der Waals surface area contributed by atoms with Crippen molar-refractivity contribution in [2.75, 3.05) is 36.5 Å². The molecule has 8 heteroatoms. The molecule has 0 aliphatic carbocycles. The van der Waals surface area contributed by atoms with Crippen molar-refractivity contribution < 1.29 is 8.69 Å². The molecule has 0 radical (unpaired) electrons. The number of nitrogens with one attached hydrogen (secondary N) is 1. The van der Waals surface area contributed by atoms with E-state index >= 15 is 0 Å². The number of anilines is 3.